The summed E-state index contributed by atoms with van der Waals surface area (Å²) in [5.74, 6) is -1.60. The second-order valence-corrected chi connectivity index (χ2v) is 6.87. The van der Waals surface area contributed by atoms with Crippen LogP contribution in [-0.2, 0) is 4.79 Å². The highest BCUT2D eigenvalue weighted by atomic mass is 19.1. The number of aromatic amines is 1. The van der Waals surface area contributed by atoms with Gasteiger partial charge in [-0.15, -0.1) is 0 Å². The van der Waals surface area contributed by atoms with E-state index in [0.717, 1.165) is 31.9 Å². The Morgan fingerprint density at radius 1 is 1.31 bits per heavy atom. The van der Waals surface area contributed by atoms with Gasteiger partial charge in [-0.3, -0.25) is 14.9 Å². The molecule has 1 unspecified atom stereocenters. The average Bonchev–Trinajstić information content (AvgIpc) is 2.96. The molecule has 2 N–H and O–H groups in total. The van der Waals surface area contributed by atoms with Crippen LogP contribution in [0.1, 0.15) is 32.6 Å². The van der Waals surface area contributed by atoms with Crippen molar-refractivity contribution in [3.63, 3.8) is 0 Å². The van der Waals surface area contributed by atoms with Crippen LogP contribution in [0, 0.1) is 17.6 Å². The monoisotopic (exact) mass is 363 g/mol. The minimum atomic E-state index is -0.727. The van der Waals surface area contributed by atoms with Crippen molar-refractivity contribution in [3.8, 4) is 11.3 Å². The van der Waals surface area contributed by atoms with Gasteiger partial charge in [-0.25, -0.2) is 8.78 Å². The molecule has 0 radical (unpaired) electrons. The number of likely N-dealkylation sites (tertiary alicyclic amines) is 1. The maximum absolute atomic E-state index is 14.5. The van der Waals surface area contributed by atoms with Crippen LogP contribution < -0.4 is 5.32 Å². The second-order valence-electron chi connectivity index (χ2n) is 6.87. The number of carbonyl (C=O) groups excluding carboxylic acids is 1. The Labute approximate surface area is 151 Å². The van der Waals surface area contributed by atoms with E-state index in [-0.39, 0.29) is 28.9 Å². The van der Waals surface area contributed by atoms with Crippen LogP contribution in [0.25, 0.3) is 11.3 Å². The van der Waals surface area contributed by atoms with Crippen LogP contribution >= 0.6 is 0 Å². The van der Waals surface area contributed by atoms with Crippen molar-refractivity contribution >= 4 is 11.7 Å². The molecule has 8 heteroatoms. The molecule has 2 aromatic heterocycles. The van der Waals surface area contributed by atoms with Crippen molar-refractivity contribution in [3.05, 3.63) is 30.1 Å². The van der Waals surface area contributed by atoms with Gasteiger partial charge in [0.2, 0.25) is 5.91 Å². The molecular formula is C18H23F2N5O. The quantitative estimate of drug-likeness (QED) is 0.827. The lowest BCUT2D eigenvalue weighted by Gasteiger charge is -2.28. The van der Waals surface area contributed by atoms with Gasteiger partial charge in [-0.05, 0) is 37.9 Å². The number of amides is 1. The molecule has 1 aliphatic heterocycles. The maximum Gasteiger partial charge on any atom is 0.225 e. The van der Waals surface area contributed by atoms with Gasteiger partial charge >= 0.3 is 0 Å². The Kier molecular flexibility index (Phi) is 5.92. The van der Waals surface area contributed by atoms with Gasteiger partial charge < -0.3 is 10.2 Å². The molecule has 26 heavy (non-hydrogen) atoms. The zero-order valence-electron chi connectivity index (χ0n) is 14.8. The molecule has 1 aliphatic rings. The highest BCUT2D eigenvalue weighted by molar-refractivity contribution is 5.90. The molecule has 3 rings (SSSR count). The van der Waals surface area contributed by atoms with E-state index in [0.29, 0.717) is 6.42 Å². The van der Waals surface area contributed by atoms with E-state index in [9.17, 15) is 13.6 Å². The molecule has 0 spiro atoms. The van der Waals surface area contributed by atoms with Crippen LogP contribution in [0.2, 0.25) is 0 Å². The third kappa shape index (κ3) is 4.63. The summed E-state index contributed by atoms with van der Waals surface area (Å²) in [5.41, 5.74) is 0.225. The van der Waals surface area contributed by atoms with Crippen LogP contribution in [0.5, 0.6) is 0 Å². The fourth-order valence-electron chi connectivity index (χ4n) is 3.30. The number of rotatable bonds is 6. The van der Waals surface area contributed by atoms with Crippen LogP contribution in [0.3, 0.4) is 0 Å². The molecule has 0 bridgehead atoms. The highest BCUT2D eigenvalue weighted by Gasteiger charge is 2.20. The first-order valence-electron chi connectivity index (χ1n) is 8.90. The SMILES string of the molecule is CC(CC(=O)Nc1n[nH]c(-c2cncc(F)c2)c1F)CN1CCCCC1. The third-order valence-electron chi connectivity index (χ3n) is 4.51. The van der Waals surface area contributed by atoms with E-state index in [2.05, 4.69) is 25.4 Å². The lowest BCUT2D eigenvalue weighted by Crippen LogP contribution is -2.34. The Hall–Kier alpha value is -2.35. The molecule has 2 aromatic rings. The van der Waals surface area contributed by atoms with Crippen molar-refractivity contribution in [1.82, 2.24) is 20.1 Å². The van der Waals surface area contributed by atoms with E-state index < -0.39 is 11.6 Å². The number of pyridine rings is 1. The zero-order chi connectivity index (χ0) is 18.5. The lowest BCUT2D eigenvalue weighted by atomic mass is 10.0. The molecule has 0 aliphatic carbocycles. The molecule has 6 nitrogen and oxygen atoms in total. The number of piperidine rings is 1. The van der Waals surface area contributed by atoms with Crippen molar-refractivity contribution in [2.24, 2.45) is 5.92 Å². The van der Waals surface area contributed by atoms with E-state index in [1.807, 2.05) is 6.92 Å². The average molecular weight is 363 g/mol. The fraction of sp³-hybridized carbons (Fsp3) is 0.500. The molecule has 140 valence electrons. The number of anilines is 1. The molecule has 1 atom stereocenters. The molecule has 1 saturated heterocycles. The largest absolute Gasteiger partial charge is 0.307 e. The Morgan fingerprint density at radius 3 is 2.81 bits per heavy atom. The maximum atomic E-state index is 14.5. The third-order valence-corrected chi connectivity index (χ3v) is 4.51. The predicted octanol–water partition coefficient (Wildman–Crippen LogP) is 3.20. The molecule has 3 heterocycles. The number of carbonyl (C=O) groups is 1. The number of hydrogen-bond donors (Lipinski definition) is 2. The standard InChI is InChI=1S/C18H23F2N5O/c1-12(11-25-5-3-2-4-6-25)7-15(26)22-18-16(20)17(23-24-18)13-8-14(19)10-21-9-13/h8-10,12H,2-7,11H2,1H3,(H2,22,23,24,26). The topological polar surface area (TPSA) is 73.9 Å². The summed E-state index contributed by atoms with van der Waals surface area (Å²) in [6, 6.07) is 1.15. The highest BCUT2D eigenvalue weighted by Crippen LogP contribution is 2.25. The van der Waals surface area contributed by atoms with Crippen molar-refractivity contribution < 1.29 is 13.6 Å². The van der Waals surface area contributed by atoms with Gasteiger partial charge in [0.1, 0.15) is 11.5 Å². The lowest BCUT2D eigenvalue weighted by molar-refractivity contribution is -0.117. The predicted molar refractivity (Wildman–Crippen MR) is 94.4 cm³/mol. The summed E-state index contributed by atoms with van der Waals surface area (Å²) in [5, 5.41) is 8.77. The smallest absolute Gasteiger partial charge is 0.225 e. The van der Waals surface area contributed by atoms with Crippen LogP contribution in [0.4, 0.5) is 14.6 Å². The zero-order valence-corrected chi connectivity index (χ0v) is 14.8. The number of nitrogens with zero attached hydrogens (tertiary/aromatic N) is 3. The summed E-state index contributed by atoms with van der Waals surface area (Å²) in [7, 11) is 0. The summed E-state index contributed by atoms with van der Waals surface area (Å²) in [6.07, 6.45) is 6.33. The van der Waals surface area contributed by atoms with Crippen molar-refractivity contribution in [2.45, 2.75) is 32.6 Å². The van der Waals surface area contributed by atoms with E-state index in [4.69, 9.17) is 0 Å². The van der Waals surface area contributed by atoms with Crippen molar-refractivity contribution in [1.29, 1.82) is 0 Å². The summed E-state index contributed by atoms with van der Waals surface area (Å²) in [6.45, 7) is 5.02. The molecule has 0 aromatic carbocycles. The minimum Gasteiger partial charge on any atom is -0.307 e. The van der Waals surface area contributed by atoms with Gasteiger partial charge in [0.25, 0.3) is 0 Å². The van der Waals surface area contributed by atoms with E-state index in [1.165, 1.54) is 25.5 Å². The Balaban J connectivity index is 1.57. The van der Waals surface area contributed by atoms with Gasteiger partial charge in [0.15, 0.2) is 11.6 Å². The summed E-state index contributed by atoms with van der Waals surface area (Å²) >= 11 is 0. The number of nitrogens with one attached hydrogen (secondary N) is 2. The first-order valence-corrected chi connectivity index (χ1v) is 8.90. The first kappa shape index (κ1) is 18.4. The van der Waals surface area contributed by atoms with Crippen molar-refractivity contribution in [2.75, 3.05) is 25.0 Å². The molecule has 0 saturated carbocycles. The second kappa shape index (κ2) is 8.35. The molecule has 1 amide bonds. The Morgan fingerprint density at radius 2 is 2.08 bits per heavy atom. The van der Waals surface area contributed by atoms with E-state index in [1.54, 1.807) is 0 Å². The van der Waals surface area contributed by atoms with E-state index >= 15 is 0 Å². The minimum absolute atomic E-state index is 0.00587. The van der Waals surface area contributed by atoms with Gasteiger partial charge in [-0.2, -0.15) is 5.10 Å². The van der Waals surface area contributed by atoms with Crippen LogP contribution in [0.15, 0.2) is 18.5 Å². The van der Waals surface area contributed by atoms with Crippen LogP contribution in [-0.4, -0.2) is 45.6 Å². The molecular weight excluding hydrogens is 340 g/mol. The van der Waals surface area contributed by atoms with Gasteiger partial charge in [0.05, 0.1) is 6.20 Å². The fourth-order valence-corrected chi connectivity index (χ4v) is 3.30. The summed E-state index contributed by atoms with van der Waals surface area (Å²) < 4.78 is 27.7. The Bertz CT molecular complexity index is 758. The van der Waals surface area contributed by atoms with Gasteiger partial charge in [0, 0.05) is 24.7 Å². The number of aromatic nitrogens is 3. The summed E-state index contributed by atoms with van der Waals surface area (Å²) in [4.78, 5) is 18.2. The number of H-pyrrole nitrogens is 1. The number of halogens is 2. The molecule has 1 fully saturated rings. The van der Waals surface area contributed by atoms with Gasteiger partial charge in [-0.1, -0.05) is 13.3 Å². The normalized spacial score (nSPS) is 16.4. The number of hydrogen-bond acceptors (Lipinski definition) is 4. The first-order chi connectivity index (χ1) is 12.5.